The highest BCUT2D eigenvalue weighted by atomic mass is 16.6. The van der Waals surface area contributed by atoms with Gasteiger partial charge in [-0.1, -0.05) is 36.4 Å². The number of benzene rings is 3. The molecule has 138 valence electrons. The zero-order chi connectivity index (χ0) is 19.1. The van der Waals surface area contributed by atoms with Crippen LogP contribution in [0.1, 0.15) is 11.1 Å². The molecule has 0 saturated heterocycles. The van der Waals surface area contributed by atoms with Gasteiger partial charge in [-0.15, -0.1) is 0 Å². The molecule has 27 heavy (non-hydrogen) atoms. The van der Waals surface area contributed by atoms with E-state index in [1.807, 2.05) is 30.3 Å². The maximum atomic E-state index is 11.3. The van der Waals surface area contributed by atoms with Crippen molar-refractivity contribution in [1.82, 2.24) is 0 Å². The van der Waals surface area contributed by atoms with Gasteiger partial charge in [-0.25, -0.2) is 0 Å². The average molecular weight is 365 g/mol. The first-order valence-electron chi connectivity index (χ1n) is 8.36. The summed E-state index contributed by atoms with van der Waals surface area (Å²) < 4.78 is 16.4. The number of nitro groups is 1. The van der Waals surface area contributed by atoms with Crippen molar-refractivity contribution in [1.29, 1.82) is 0 Å². The SMILES string of the molecule is COCc1ccc(Oc2ccc(OCc3ccccc3)cc2)c([N+](=O)[O-])c1. The second-order valence-electron chi connectivity index (χ2n) is 5.84. The molecule has 0 atom stereocenters. The molecule has 3 rings (SSSR count). The van der Waals surface area contributed by atoms with Crippen LogP contribution in [0, 0.1) is 10.1 Å². The number of hydrogen-bond donors (Lipinski definition) is 0. The Morgan fingerprint density at radius 2 is 1.56 bits per heavy atom. The average Bonchev–Trinajstić information content (AvgIpc) is 2.69. The lowest BCUT2D eigenvalue weighted by atomic mass is 10.2. The van der Waals surface area contributed by atoms with Gasteiger partial charge < -0.3 is 14.2 Å². The lowest BCUT2D eigenvalue weighted by Gasteiger charge is -2.10. The summed E-state index contributed by atoms with van der Waals surface area (Å²) >= 11 is 0. The van der Waals surface area contributed by atoms with Crippen LogP contribution in [0.2, 0.25) is 0 Å². The van der Waals surface area contributed by atoms with Crippen LogP contribution in [0.4, 0.5) is 5.69 Å². The summed E-state index contributed by atoms with van der Waals surface area (Å²) in [5.74, 6) is 1.36. The molecular weight excluding hydrogens is 346 g/mol. The highest BCUT2D eigenvalue weighted by Crippen LogP contribution is 2.33. The first kappa shape index (κ1) is 18.4. The summed E-state index contributed by atoms with van der Waals surface area (Å²) in [7, 11) is 1.54. The lowest BCUT2D eigenvalue weighted by molar-refractivity contribution is -0.385. The van der Waals surface area contributed by atoms with E-state index in [1.165, 1.54) is 13.2 Å². The molecule has 0 amide bonds. The first-order valence-corrected chi connectivity index (χ1v) is 8.36. The lowest BCUT2D eigenvalue weighted by Crippen LogP contribution is -1.97. The van der Waals surface area contributed by atoms with E-state index < -0.39 is 4.92 Å². The zero-order valence-electron chi connectivity index (χ0n) is 14.8. The van der Waals surface area contributed by atoms with Crippen LogP contribution >= 0.6 is 0 Å². The predicted molar refractivity (Wildman–Crippen MR) is 101 cm³/mol. The number of hydrogen-bond acceptors (Lipinski definition) is 5. The number of rotatable bonds is 8. The molecule has 0 saturated carbocycles. The molecule has 0 fully saturated rings. The molecule has 3 aromatic rings. The predicted octanol–water partition coefficient (Wildman–Crippen LogP) is 5.11. The molecule has 0 aliphatic heterocycles. The van der Waals surface area contributed by atoms with E-state index >= 15 is 0 Å². The molecule has 0 N–H and O–H groups in total. The van der Waals surface area contributed by atoms with Gasteiger partial charge in [0, 0.05) is 13.2 Å². The van der Waals surface area contributed by atoms with Crippen LogP contribution < -0.4 is 9.47 Å². The fourth-order valence-electron chi connectivity index (χ4n) is 2.52. The largest absolute Gasteiger partial charge is 0.489 e. The summed E-state index contributed by atoms with van der Waals surface area (Å²) in [5, 5.41) is 11.3. The summed E-state index contributed by atoms with van der Waals surface area (Å²) in [6.07, 6.45) is 0. The quantitative estimate of drug-likeness (QED) is 0.410. The van der Waals surface area contributed by atoms with Crippen molar-refractivity contribution in [2.45, 2.75) is 13.2 Å². The minimum atomic E-state index is -0.466. The summed E-state index contributed by atoms with van der Waals surface area (Å²) in [6.45, 7) is 0.766. The monoisotopic (exact) mass is 365 g/mol. The third-order valence-electron chi connectivity index (χ3n) is 3.83. The number of nitro benzene ring substituents is 1. The van der Waals surface area contributed by atoms with Crippen molar-refractivity contribution in [3.05, 3.63) is 94.0 Å². The van der Waals surface area contributed by atoms with Gasteiger partial charge in [-0.3, -0.25) is 10.1 Å². The number of nitrogens with zero attached hydrogens (tertiary/aromatic N) is 1. The van der Waals surface area contributed by atoms with Crippen molar-refractivity contribution in [2.24, 2.45) is 0 Å². The molecule has 0 aliphatic rings. The van der Waals surface area contributed by atoms with Crippen molar-refractivity contribution in [2.75, 3.05) is 7.11 Å². The first-order chi connectivity index (χ1) is 13.2. The van der Waals surface area contributed by atoms with Crippen molar-refractivity contribution < 1.29 is 19.1 Å². The second kappa shape index (κ2) is 8.82. The van der Waals surface area contributed by atoms with Gasteiger partial charge >= 0.3 is 5.69 Å². The maximum absolute atomic E-state index is 11.3. The molecule has 6 nitrogen and oxygen atoms in total. The van der Waals surface area contributed by atoms with Gasteiger partial charge in [-0.2, -0.15) is 0 Å². The van der Waals surface area contributed by atoms with Crippen molar-refractivity contribution >= 4 is 5.69 Å². The fourth-order valence-corrected chi connectivity index (χ4v) is 2.52. The topological polar surface area (TPSA) is 70.8 Å². The Hall–Kier alpha value is -3.38. The number of methoxy groups -OCH3 is 1. The van der Waals surface area contributed by atoms with Crippen LogP contribution in [0.5, 0.6) is 17.2 Å². The molecule has 0 spiro atoms. The third-order valence-corrected chi connectivity index (χ3v) is 3.83. The Bertz CT molecular complexity index is 894. The Morgan fingerprint density at radius 3 is 2.22 bits per heavy atom. The van der Waals surface area contributed by atoms with Gasteiger partial charge in [0.05, 0.1) is 11.5 Å². The Balaban J connectivity index is 1.68. The molecule has 0 heterocycles. The molecule has 6 heteroatoms. The molecule has 0 unspecified atom stereocenters. The molecule has 0 radical (unpaired) electrons. The van der Waals surface area contributed by atoms with E-state index in [0.717, 1.165) is 5.56 Å². The summed E-state index contributed by atoms with van der Waals surface area (Å²) in [5.41, 5.74) is 1.68. The van der Waals surface area contributed by atoms with Crippen LogP contribution in [-0.4, -0.2) is 12.0 Å². The van der Waals surface area contributed by atoms with E-state index in [2.05, 4.69) is 0 Å². The number of ether oxygens (including phenoxy) is 3. The van der Waals surface area contributed by atoms with Crippen molar-refractivity contribution in [3.8, 4) is 17.2 Å². The smallest absolute Gasteiger partial charge is 0.311 e. The standard InChI is InChI=1S/C21H19NO5/c1-25-14-17-7-12-21(20(13-17)22(23)24)27-19-10-8-18(9-11-19)26-15-16-5-3-2-4-6-16/h2-13H,14-15H2,1H3. The van der Waals surface area contributed by atoms with E-state index in [4.69, 9.17) is 14.2 Å². The third kappa shape index (κ3) is 5.05. The Labute approximate surface area is 157 Å². The zero-order valence-corrected chi connectivity index (χ0v) is 14.8. The van der Waals surface area contributed by atoms with Crippen molar-refractivity contribution in [3.63, 3.8) is 0 Å². The van der Waals surface area contributed by atoms with Crippen LogP contribution in [0.3, 0.4) is 0 Å². The molecule has 0 aliphatic carbocycles. The Kier molecular flexibility index (Phi) is 6.02. The van der Waals surface area contributed by atoms with Gasteiger partial charge in [0.1, 0.15) is 18.1 Å². The van der Waals surface area contributed by atoms with Crippen LogP contribution in [-0.2, 0) is 18.0 Å². The highest BCUT2D eigenvalue weighted by Gasteiger charge is 2.17. The minimum Gasteiger partial charge on any atom is -0.489 e. The van der Waals surface area contributed by atoms with E-state index in [9.17, 15) is 10.1 Å². The minimum absolute atomic E-state index is 0.103. The van der Waals surface area contributed by atoms with E-state index in [0.29, 0.717) is 30.3 Å². The van der Waals surface area contributed by atoms with E-state index in [1.54, 1.807) is 36.4 Å². The molecule has 0 aromatic heterocycles. The Morgan fingerprint density at radius 1 is 0.852 bits per heavy atom. The normalized spacial score (nSPS) is 10.4. The van der Waals surface area contributed by atoms with Gasteiger partial charge in [-0.05, 0) is 41.5 Å². The van der Waals surface area contributed by atoms with E-state index in [-0.39, 0.29) is 11.4 Å². The summed E-state index contributed by atoms with van der Waals surface area (Å²) in [6, 6.07) is 21.6. The summed E-state index contributed by atoms with van der Waals surface area (Å²) in [4.78, 5) is 10.8. The fraction of sp³-hybridized carbons (Fsp3) is 0.143. The highest BCUT2D eigenvalue weighted by molar-refractivity contribution is 5.50. The molecular formula is C21H19NO5. The van der Waals surface area contributed by atoms with Gasteiger partial charge in [0.2, 0.25) is 5.75 Å². The van der Waals surface area contributed by atoms with Crippen LogP contribution in [0.15, 0.2) is 72.8 Å². The van der Waals surface area contributed by atoms with Crippen LogP contribution in [0.25, 0.3) is 0 Å². The molecule has 3 aromatic carbocycles. The molecule has 0 bridgehead atoms. The van der Waals surface area contributed by atoms with Gasteiger partial charge in [0.25, 0.3) is 0 Å². The second-order valence-corrected chi connectivity index (χ2v) is 5.84. The van der Waals surface area contributed by atoms with Gasteiger partial charge in [0.15, 0.2) is 0 Å². The maximum Gasteiger partial charge on any atom is 0.311 e.